The van der Waals surface area contributed by atoms with Crippen LogP contribution in [0.3, 0.4) is 0 Å². The molecule has 0 bridgehead atoms. The van der Waals surface area contributed by atoms with E-state index in [4.69, 9.17) is 14.6 Å². The monoisotopic (exact) mass is 584 g/mol. The molecule has 2 fully saturated rings. The quantitative estimate of drug-likeness (QED) is 0.153. The van der Waals surface area contributed by atoms with Crippen molar-refractivity contribution in [3.8, 4) is 0 Å². The molecular formula is C29H56N2O2Sn. The van der Waals surface area contributed by atoms with Crippen LogP contribution in [0.2, 0.25) is 13.3 Å². The molecular weight excluding hydrogens is 527 g/mol. The van der Waals surface area contributed by atoms with E-state index in [0.29, 0.717) is 5.92 Å². The van der Waals surface area contributed by atoms with Crippen LogP contribution in [0, 0.1) is 11.3 Å². The van der Waals surface area contributed by atoms with Crippen molar-refractivity contribution in [3.63, 3.8) is 0 Å². The Morgan fingerprint density at radius 1 is 0.971 bits per heavy atom. The summed E-state index contributed by atoms with van der Waals surface area (Å²) in [5, 5.41) is 6.88. The molecule has 1 saturated carbocycles. The SMILES string of the molecule is CCC[CH2][Sn](/[CH]=C\CCC1CC2(CC/C1=N\N(C)C)OCC(C)(C)CO2)([CH2]CCC)[CH2]CCC. The molecule has 1 saturated heterocycles. The van der Waals surface area contributed by atoms with Crippen molar-refractivity contribution >= 4 is 24.1 Å². The van der Waals surface area contributed by atoms with Crippen LogP contribution < -0.4 is 0 Å². The van der Waals surface area contributed by atoms with Crippen LogP contribution in [-0.4, -0.2) is 62.2 Å². The van der Waals surface area contributed by atoms with Crippen LogP contribution >= 0.6 is 0 Å². The van der Waals surface area contributed by atoms with Crippen LogP contribution in [0.25, 0.3) is 0 Å². The molecule has 0 N–H and O–H groups in total. The van der Waals surface area contributed by atoms with Gasteiger partial charge in [-0.1, -0.05) is 0 Å². The number of ether oxygens (including phenoxy) is 2. The summed E-state index contributed by atoms with van der Waals surface area (Å²) in [4.78, 5) is 0. The van der Waals surface area contributed by atoms with E-state index < -0.39 is 18.4 Å². The molecule has 4 nitrogen and oxygen atoms in total. The van der Waals surface area contributed by atoms with Gasteiger partial charge in [0.15, 0.2) is 0 Å². The third-order valence-corrected chi connectivity index (χ3v) is 22.1. The van der Waals surface area contributed by atoms with Crippen molar-refractivity contribution in [1.82, 2.24) is 5.01 Å². The van der Waals surface area contributed by atoms with Gasteiger partial charge in [-0.3, -0.25) is 0 Å². The van der Waals surface area contributed by atoms with Crippen molar-refractivity contribution in [2.45, 2.75) is 124 Å². The first-order valence-electron chi connectivity index (χ1n) is 14.4. The summed E-state index contributed by atoms with van der Waals surface area (Å²) in [7, 11) is 4.09. The number of allylic oxidation sites excluding steroid dienone is 1. The zero-order valence-electron chi connectivity index (χ0n) is 23.8. The maximum absolute atomic E-state index is 6.40. The average molecular weight is 583 g/mol. The predicted molar refractivity (Wildman–Crippen MR) is 150 cm³/mol. The van der Waals surface area contributed by atoms with Crippen LogP contribution in [0.1, 0.15) is 105 Å². The van der Waals surface area contributed by atoms with Crippen molar-refractivity contribution in [3.05, 3.63) is 10.2 Å². The van der Waals surface area contributed by atoms with Gasteiger partial charge < -0.3 is 0 Å². The van der Waals surface area contributed by atoms with E-state index in [9.17, 15) is 0 Å². The fraction of sp³-hybridized carbons (Fsp3) is 0.897. The van der Waals surface area contributed by atoms with Gasteiger partial charge in [-0.25, -0.2) is 0 Å². The molecule has 5 heteroatoms. The standard InChI is InChI=1S/C17H29N2O2.3C4H9.Sn/c1-6-7-8-14-11-17(10-9-15(14)18-19(4)5)20-12-16(2,3)13-21-17;3*1-3-4-2;/h1,6,14H,7-13H2,2-5H3;3*1,3-4H2,2H3;/b6-1?,18-15+;;;;. The Morgan fingerprint density at radius 3 is 2.03 bits per heavy atom. The molecule has 0 radical (unpaired) electrons. The van der Waals surface area contributed by atoms with Gasteiger partial charge >= 0.3 is 217 Å². The van der Waals surface area contributed by atoms with Crippen molar-refractivity contribution in [2.24, 2.45) is 16.4 Å². The molecule has 0 aromatic carbocycles. The Morgan fingerprint density at radius 2 is 1.53 bits per heavy atom. The molecule has 2 rings (SSSR count). The van der Waals surface area contributed by atoms with E-state index >= 15 is 0 Å². The summed E-state index contributed by atoms with van der Waals surface area (Å²) < 4.78 is 20.3. The number of unbranched alkanes of at least 4 members (excludes halogenated alkanes) is 3. The van der Waals surface area contributed by atoms with Gasteiger partial charge in [-0.05, 0) is 0 Å². The number of rotatable bonds is 14. The van der Waals surface area contributed by atoms with Crippen molar-refractivity contribution < 1.29 is 9.47 Å². The second-order valence-corrected chi connectivity index (χ2v) is 25.2. The summed E-state index contributed by atoms with van der Waals surface area (Å²) in [5.41, 5.74) is 1.46. The molecule has 1 atom stereocenters. The third kappa shape index (κ3) is 9.76. The normalized spacial score (nSPS) is 23.7. The van der Waals surface area contributed by atoms with E-state index in [2.05, 4.69) is 44.8 Å². The number of hydrazone groups is 1. The zero-order valence-corrected chi connectivity index (χ0v) is 26.6. The second kappa shape index (κ2) is 14.6. The van der Waals surface area contributed by atoms with Gasteiger partial charge in [0, 0.05) is 0 Å². The van der Waals surface area contributed by atoms with Gasteiger partial charge in [0.2, 0.25) is 0 Å². The second-order valence-electron chi connectivity index (χ2n) is 12.1. The molecule has 34 heavy (non-hydrogen) atoms. The Kier molecular flexibility index (Phi) is 13.0. The molecule has 1 unspecified atom stereocenters. The van der Waals surface area contributed by atoms with Gasteiger partial charge in [-0.2, -0.15) is 0 Å². The summed E-state index contributed by atoms with van der Waals surface area (Å²) in [6.07, 6.45) is 16.2. The summed E-state index contributed by atoms with van der Waals surface area (Å²) in [5.74, 6) is 0.0650. The molecule has 1 aliphatic carbocycles. The summed E-state index contributed by atoms with van der Waals surface area (Å²) >= 11 is -2.19. The number of nitrogens with zero attached hydrogens (tertiary/aromatic N) is 2. The van der Waals surface area contributed by atoms with Crippen molar-refractivity contribution in [1.29, 1.82) is 0 Å². The Labute approximate surface area is 216 Å². The molecule has 198 valence electrons. The first-order valence-corrected chi connectivity index (χ1v) is 22.1. The van der Waals surface area contributed by atoms with Crippen LogP contribution in [0.5, 0.6) is 0 Å². The summed E-state index contributed by atoms with van der Waals surface area (Å²) in [6, 6.07) is 0. The molecule has 2 aliphatic rings. The fourth-order valence-electron chi connectivity index (χ4n) is 5.62. The molecule has 0 amide bonds. The fourth-order valence-corrected chi connectivity index (χ4v) is 20.1. The molecule has 1 heterocycles. The first kappa shape index (κ1) is 30.2. The van der Waals surface area contributed by atoms with Crippen LogP contribution in [-0.2, 0) is 9.47 Å². The molecule has 0 aromatic heterocycles. The van der Waals surface area contributed by atoms with Gasteiger partial charge in [0.25, 0.3) is 0 Å². The van der Waals surface area contributed by atoms with Crippen LogP contribution in [0.15, 0.2) is 15.3 Å². The Hall–Kier alpha value is -0.0713. The Balaban J connectivity index is 2.08. The van der Waals surface area contributed by atoms with Gasteiger partial charge in [-0.15, -0.1) is 0 Å². The number of hydrogen-bond donors (Lipinski definition) is 0. The van der Waals surface area contributed by atoms with Crippen molar-refractivity contribution in [2.75, 3.05) is 27.3 Å². The number of hydrogen-bond acceptors (Lipinski definition) is 4. The predicted octanol–water partition coefficient (Wildman–Crippen LogP) is 8.20. The Bertz CT molecular complexity index is 612. The zero-order chi connectivity index (χ0) is 25.1. The van der Waals surface area contributed by atoms with E-state index in [1.807, 2.05) is 19.1 Å². The van der Waals surface area contributed by atoms with Gasteiger partial charge in [0.1, 0.15) is 0 Å². The molecule has 1 aliphatic heterocycles. The van der Waals surface area contributed by atoms with E-state index in [-0.39, 0.29) is 11.2 Å². The molecule has 1 spiro atoms. The summed E-state index contributed by atoms with van der Waals surface area (Å²) in [6.45, 7) is 13.1. The van der Waals surface area contributed by atoms with E-state index in [1.165, 1.54) is 50.7 Å². The van der Waals surface area contributed by atoms with E-state index in [1.54, 1.807) is 13.3 Å². The van der Waals surface area contributed by atoms with E-state index in [0.717, 1.165) is 38.9 Å². The minimum absolute atomic E-state index is 0.118. The van der Waals surface area contributed by atoms with Crippen LogP contribution in [0.4, 0.5) is 0 Å². The molecule has 0 aromatic rings. The minimum atomic E-state index is -2.19. The third-order valence-electron chi connectivity index (χ3n) is 7.81. The first-order chi connectivity index (χ1) is 16.2. The van der Waals surface area contributed by atoms with Gasteiger partial charge in [0.05, 0.1) is 0 Å². The maximum atomic E-state index is 6.40. The topological polar surface area (TPSA) is 34.1 Å². The average Bonchev–Trinajstić information content (AvgIpc) is 2.81.